The number of nitrogens with zero attached hydrogens (tertiary/aromatic N) is 3. The first-order valence-electron chi connectivity index (χ1n) is 8.51. The van der Waals surface area contributed by atoms with Crippen molar-refractivity contribution in [1.82, 2.24) is 20.1 Å². The molecule has 0 aliphatic carbocycles. The van der Waals surface area contributed by atoms with Gasteiger partial charge >= 0.3 is 0 Å². The van der Waals surface area contributed by atoms with E-state index in [0.29, 0.717) is 12.1 Å². The van der Waals surface area contributed by atoms with E-state index in [9.17, 15) is 9.18 Å². The highest BCUT2D eigenvalue weighted by atomic mass is 19.1. The van der Waals surface area contributed by atoms with Gasteiger partial charge in [0.2, 0.25) is 0 Å². The summed E-state index contributed by atoms with van der Waals surface area (Å²) in [5, 5.41) is 7.18. The first-order chi connectivity index (χ1) is 12.5. The van der Waals surface area contributed by atoms with Crippen LogP contribution >= 0.6 is 0 Å². The van der Waals surface area contributed by atoms with Crippen LogP contribution in [0.3, 0.4) is 0 Å². The summed E-state index contributed by atoms with van der Waals surface area (Å²) in [5.41, 5.74) is 2.33. The number of amides is 1. The van der Waals surface area contributed by atoms with Gasteiger partial charge in [-0.15, -0.1) is 0 Å². The van der Waals surface area contributed by atoms with Crippen LogP contribution in [0.25, 0.3) is 0 Å². The second-order valence-corrected chi connectivity index (χ2v) is 6.50. The lowest BCUT2D eigenvalue weighted by Gasteiger charge is -2.23. The lowest BCUT2D eigenvalue weighted by molar-refractivity contribution is 0.0924. The first-order valence-corrected chi connectivity index (χ1v) is 8.51. The predicted octanol–water partition coefficient (Wildman–Crippen LogP) is 3.59. The molecule has 3 rings (SSSR count). The number of rotatable bonds is 6. The second-order valence-electron chi connectivity index (χ2n) is 6.50. The highest BCUT2D eigenvalue weighted by Gasteiger charge is 2.20. The summed E-state index contributed by atoms with van der Waals surface area (Å²) in [6.45, 7) is 4.51. The maximum absolute atomic E-state index is 13.2. The summed E-state index contributed by atoms with van der Waals surface area (Å²) >= 11 is 0. The fourth-order valence-corrected chi connectivity index (χ4v) is 2.89. The molecule has 6 heteroatoms. The van der Waals surface area contributed by atoms with Crippen molar-refractivity contribution >= 4 is 5.91 Å². The summed E-state index contributed by atoms with van der Waals surface area (Å²) in [6, 6.07) is 13.5. The topological polar surface area (TPSA) is 59.8 Å². The van der Waals surface area contributed by atoms with Gasteiger partial charge in [0.15, 0.2) is 0 Å². The number of benzene rings is 2. The van der Waals surface area contributed by atoms with E-state index in [-0.39, 0.29) is 23.7 Å². The Morgan fingerprint density at radius 1 is 1.15 bits per heavy atom. The van der Waals surface area contributed by atoms with Crippen molar-refractivity contribution in [3.05, 3.63) is 83.7 Å². The Hall–Kier alpha value is -3.02. The van der Waals surface area contributed by atoms with Crippen molar-refractivity contribution in [1.29, 1.82) is 0 Å². The number of halogens is 1. The summed E-state index contributed by atoms with van der Waals surface area (Å²) in [6.07, 6.45) is 3.08. The molecule has 26 heavy (non-hydrogen) atoms. The number of carbonyl (C=O) groups excluding carboxylic acids is 1. The van der Waals surface area contributed by atoms with Gasteiger partial charge in [0.25, 0.3) is 5.91 Å². The van der Waals surface area contributed by atoms with Crippen LogP contribution < -0.4 is 5.32 Å². The van der Waals surface area contributed by atoms with Crippen molar-refractivity contribution in [3.63, 3.8) is 0 Å². The monoisotopic (exact) mass is 352 g/mol. The minimum Gasteiger partial charge on any atom is -0.345 e. The lowest BCUT2D eigenvalue weighted by atomic mass is 9.95. The minimum absolute atomic E-state index is 0.159. The molecule has 0 aliphatic heterocycles. The van der Waals surface area contributed by atoms with Crippen molar-refractivity contribution in [3.8, 4) is 0 Å². The van der Waals surface area contributed by atoms with Crippen LogP contribution in [0.4, 0.5) is 4.39 Å². The molecule has 2 aromatic carbocycles. The third-order valence-corrected chi connectivity index (χ3v) is 4.24. The van der Waals surface area contributed by atoms with Gasteiger partial charge < -0.3 is 5.32 Å². The largest absolute Gasteiger partial charge is 0.345 e. The quantitative estimate of drug-likeness (QED) is 0.737. The molecule has 0 saturated carbocycles. The molecule has 1 atom stereocenters. The van der Waals surface area contributed by atoms with Crippen LogP contribution in [-0.2, 0) is 6.54 Å². The van der Waals surface area contributed by atoms with E-state index in [1.54, 1.807) is 29.2 Å². The van der Waals surface area contributed by atoms with Gasteiger partial charge in [-0.1, -0.05) is 44.2 Å². The highest BCUT2D eigenvalue weighted by Crippen LogP contribution is 2.23. The molecule has 0 bridgehead atoms. The van der Waals surface area contributed by atoms with E-state index in [0.717, 1.165) is 11.1 Å². The van der Waals surface area contributed by atoms with E-state index >= 15 is 0 Å². The van der Waals surface area contributed by atoms with Gasteiger partial charge in [0, 0.05) is 5.56 Å². The van der Waals surface area contributed by atoms with Crippen LogP contribution in [-0.4, -0.2) is 20.7 Å². The fraction of sp³-hybridized carbons (Fsp3) is 0.250. The summed E-state index contributed by atoms with van der Waals surface area (Å²) in [4.78, 5) is 16.9. The van der Waals surface area contributed by atoms with Crippen molar-refractivity contribution < 1.29 is 9.18 Å². The molecule has 0 saturated heterocycles. The number of nitrogens with one attached hydrogen (secondary N) is 1. The molecule has 0 radical (unpaired) electrons. The van der Waals surface area contributed by atoms with E-state index < -0.39 is 0 Å². The van der Waals surface area contributed by atoms with Gasteiger partial charge in [-0.05, 0) is 35.2 Å². The Labute approximate surface area is 151 Å². The smallest absolute Gasteiger partial charge is 0.252 e. The molecule has 0 unspecified atom stereocenters. The molecule has 1 aromatic heterocycles. The van der Waals surface area contributed by atoms with Gasteiger partial charge in [-0.3, -0.25) is 4.79 Å². The van der Waals surface area contributed by atoms with E-state index in [1.807, 2.05) is 32.0 Å². The second kappa shape index (κ2) is 7.91. The Morgan fingerprint density at radius 2 is 1.88 bits per heavy atom. The summed E-state index contributed by atoms with van der Waals surface area (Å²) < 4.78 is 14.9. The van der Waals surface area contributed by atoms with Gasteiger partial charge in [-0.2, -0.15) is 5.10 Å². The summed E-state index contributed by atoms with van der Waals surface area (Å²) in [5.74, 6) is -0.295. The molecular weight excluding hydrogens is 331 g/mol. The minimum atomic E-state index is -0.291. The maximum Gasteiger partial charge on any atom is 0.252 e. The van der Waals surface area contributed by atoms with Crippen molar-refractivity contribution in [2.24, 2.45) is 5.92 Å². The SMILES string of the molecule is CC(C)[C@@H](NC(=O)c1ccccc1Cn1cncn1)c1ccc(F)cc1. The molecule has 1 heterocycles. The van der Waals surface area contributed by atoms with Gasteiger partial charge in [-0.25, -0.2) is 14.1 Å². The zero-order chi connectivity index (χ0) is 18.5. The Bertz CT molecular complexity index is 860. The van der Waals surface area contributed by atoms with E-state index in [4.69, 9.17) is 0 Å². The molecule has 0 fully saturated rings. The molecule has 0 spiro atoms. The number of aromatic nitrogens is 3. The van der Waals surface area contributed by atoms with Crippen LogP contribution in [0.2, 0.25) is 0 Å². The van der Waals surface area contributed by atoms with Crippen molar-refractivity contribution in [2.45, 2.75) is 26.4 Å². The number of hydrogen-bond acceptors (Lipinski definition) is 3. The predicted molar refractivity (Wildman–Crippen MR) is 97.0 cm³/mol. The standard InChI is InChI=1S/C20H21FN4O/c1-14(2)19(15-7-9-17(21)10-8-15)24-20(26)18-6-4-3-5-16(18)11-25-13-22-12-23-25/h3-10,12-14,19H,11H2,1-2H3,(H,24,26)/t19-/m1/s1. The van der Waals surface area contributed by atoms with Crippen molar-refractivity contribution in [2.75, 3.05) is 0 Å². The highest BCUT2D eigenvalue weighted by molar-refractivity contribution is 5.96. The lowest BCUT2D eigenvalue weighted by Crippen LogP contribution is -2.32. The van der Waals surface area contributed by atoms with Crippen LogP contribution in [0.15, 0.2) is 61.2 Å². The molecular formula is C20H21FN4O. The zero-order valence-corrected chi connectivity index (χ0v) is 14.8. The number of hydrogen-bond donors (Lipinski definition) is 1. The zero-order valence-electron chi connectivity index (χ0n) is 14.8. The third-order valence-electron chi connectivity index (χ3n) is 4.24. The first kappa shape index (κ1) is 17.8. The fourth-order valence-electron chi connectivity index (χ4n) is 2.89. The van der Waals surface area contributed by atoms with Crippen LogP contribution in [0, 0.1) is 11.7 Å². The molecule has 5 nitrogen and oxygen atoms in total. The van der Waals surface area contributed by atoms with Crippen LogP contribution in [0.1, 0.15) is 41.4 Å². The molecule has 1 amide bonds. The van der Waals surface area contributed by atoms with Gasteiger partial charge in [0.05, 0.1) is 12.6 Å². The third kappa shape index (κ3) is 4.14. The van der Waals surface area contributed by atoms with Crippen LogP contribution in [0.5, 0.6) is 0 Å². The molecule has 1 N–H and O–H groups in total. The van der Waals surface area contributed by atoms with E-state index in [1.165, 1.54) is 18.5 Å². The Kier molecular flexibility index (Phi) is 5.41. The molecule has 3 aromatic rings. The summed E-state index contributed by atoms with van der Waals surface area (Å²) in [7, 11) is 0. The van der Waals surface area contributed by atoms with E-state index in [2.05, 4.69) is 15.4 Å². The van der Waals surface area contributed by atoms with Gasteiger partial charge in [0.1, 0.15) is 18.5 Å². The normalized spacial score (nSPS) is 12.2. The molecule has 0 aliphatic rings. The Balaban J connectivity index is 1.83. The average Bonchev–Trinajstić information content (AvgIpc) is 3.14. The molecule has 134 valence electrons. The maximum atomic E-state index is 13.2. The number of carbonyl (C=O) groups is 1. The Morgan fingerprint density at radius 3 is 2.54 bits per heavy atom. The average molecular weight is 352 g/mol.